The number of aryl methyl sites for hydroxylation is 1. The molecule has 1 aromatic rings. The minimum atomic E-state index is -4.05. The van der Waals surface area contributed by atoms with Crippen LogP contribution in [-0.2, 0) is 33.6 Å². The van der Waals surface area contributed by atoms with E-state index in [0.717, 1.165) is 0 Å². The van der Waals surface area contributed by atoms with Gasteiger partial charge in [-0.15, -0.1) is 0 Å². The standard InChI is InChI=1S/C8H10O3S.Fe/c1-2-7-5-3-4-6-8(7)12(9,10)11;/h3-6H,2H2,1H3,(H,9,10,11);. The largest absolute Gasteiger partial charge is 0.294 e. The van der Waals surface area contributed by atoms with Crippen LogP contribution in [0.3, 0.4) is 0 Å². The van der Waals surface area contributed by atoms with Crippen LogP contribution in [0.2, 0.25) is 0 Å². The second kappa shape index (κ2) is 4.77. The van der Waals surface area contributed by atoms with Gasteiger partial charge in [-0.2, -0.15) is 8.42 Å². The van der Waals surface area contributed by atoms with E-state index in [1.54, 1.807) is 18.2 Å². The molecule has 1 aromatic carbocycles. The van der Waals surface area contributed by atoms with Crippen LogP contribution in [0.4, 0.5) is 0 Å². The molecule has 0 fully saturated rings. The van der Waals surface area contributed by atoms with Gasteiger partial charge in [-0.25, -0.2) is 0 Å². The molecular formula is C8H10FeO3S. The van der Waals surface area contributed by atoms with Crippen LogP contribution in [0.15, 0.2) is 29.2 Å². The maximum atomic E-state index is 10.8. The van der Waals surface area contributed by atoms with Crippen molar-refractivity contribution in [2.24, 2.45) is 0 Å². The molecule has 0 aliphatic rings. The van der Waals surface area contributed by atoms with E-state index in [-0.39, 0.29) is 22.0 Å². The third-order valence-electron chi connectivity index (χ3n) is 1.63. The molecule has 0 atom stereocenters. The second-order valence-corrected chi connectivity index (χ2v) is 3.83. The minimum Gasteiger partial charge on any atom is -0.282 e. The molecule has 0 aliphatic heterocycles. The van der Waals surface area contributed by atoms with Gasteiger partial charge >= 0.3 is 0 Å². The first-order valence-corrected chi connectivity index (χ1v) is 5.05. The van der Waals surface area contributed by atoms with Gasteiger partial charge in [-0.3, -0.25) is 4.55 Å². The zero-order chi connectivity index (χ0) is 9.19. The van der Waals surface area contributed by atoms with Crippen LogP contribution in [0.25, 0.3) is 0 Å². The predicted octanol–water partition coefficient (Wildman–Crippen LogP) is 1.49. The summed E-state index contributed by atoms with van der Waals surface area (Å²) in [5, 5.41) is 0. The molecule has 0 amide bonds. The number of benzene rings is 1. The van der Waals surface area contributed by atoms with Gasteiger partial charge < -0.3 is 0 Å². The molecule has 0 radical (unpaired) electrons. The molecule has 5 heteroatoms. The normalized spacial score (nSPS) is 10.6. The molecule has 0 aromatic heterocycles. The van der Waals surface area contributed by atoms with Crippen LogP contribution in [0, 0.1) is 0 Å². The monoisotopic (exact) mass is 242 g/mol. The number of rotatable bonds is 2. The van der Waals surface area contributed by atoms with Gasteiger partial charge in [0.05, 0.1) is 4.90 Å². The van der Waals surface area contributed by atoms with E-state index < -0.39 is 10.1 Å². The van der Waals surface area contributed by atoms with Crippen molar-refractivity contribution in [1.82, 2.24) is 0 Å². The van der Waals surface area contributed by atoms with Crippen molar-refractivity contribution in [3.8, 4) is 0 Å². The minimum absolute atomic E-state index is 0. The first-order valence-electron chi connectivity index (χ1n) is 3.61. The van der Waals surface area contributed by atoms with Gasteiger partial charge in [-0.05, 0) is 18.1 Å². The summed E-state index contributed by atoms with van der Waals surface area (Å²) in [6.07, 6.45) is 0.593. The van der Waals surface area contributed by atoms with Crippen molar-refractivity contribution in [3.63, 3.8) is 0 Å². The third kappa shape index (κ3) is 3.12. The number of hydrogen-bond acceptors (Lipinski definition) is 2. The fraction of sp³-hybridized carbons (Fsp3) is 0.250. The van der Waals surface area contributed by atoms with E-state index in [4.69, 9.17) is 4.55 Å². The summed E-state index contributed by atoms with van der Waals surface area (Å²) < 4.78 is 30.3. The third-order valence-corrected chi connectivity index (χ3v) is 2.59. The SMILES string of the molecule is CCc1ccccc1S(=O)(=O)O.[Fe]. The zero-order valence-corrected chi connectivity index (χ0v) is 8.96. The molecule has 74 valence electrons. The Bertz CT molecular complexity index is 373. The van der Waals surface area contributed by atoms with Crippen molar-refractivity contribution in [2.45, 2.75) is 18.2 Å². The van der Waals surface area contributed by atoms with E-state index >= 15 is 0 Å². The van der Waals surface area contributed by atoms with Crippen molar-refractivity contribution in [1.29, 1.82) is 0 Å². The van der Waals surface area contributed by atoms with Gasteiger partial charge in [0.25, 0.3) is 10.1 Å². The molecule has 1 N–H and O–H groups in total. The smallest absolute Gasteiger partial charge is 0.282 e. The van der Waals surface area contributed by atoms with Gasteiger partial charge in [0.2, 0.25) is 0 Å². The van der Waals surface area contributed by atoms with Crippen molar-refractivity contribution >= 4 is 10.1 Å². The van der Waals surface area contributed by atoms with Crippen LogP contribution in [0.5, 0.6) is 0 Å². The first-order chi connectivity index (χ1) is 5.55. The van der Waals surface area contributed by atoms with E-state index in [9.17, 15) is 8.42 Å². The van der Waals surface area contributed by atoms with Gasteiger partial charge in [0.15, 0.2) is 0 Å². The van der Waals surface area contributed by atoms with Crippen molar-refractivity contribution < 1.29 is 30.0 Å². The van der Waals surface area contributed by atoms with E-state index in [2.05, 4.69) is 0 Å². The summed E-state index contributed by atoms with van der Waals surface area (Å²) in [7, 11) is -4.05. The van der Waals surface area contributed by atoms with Crippen LogP contribution in [0.1, 0.15) is 12.5 Å². The molecule has 0 saturated carbocycles. The molecule has 3 nitrogen and oxygen atoms in total. The van der Waals surface area contributed by atoms with Crippen LogP contribution >= 0.6 is 0 Å². The second-order valence-electron chi connectivity index (χ2n) is 2.44. The van der Waals surface area contributed by atoms with Gasteiger partial charge in [0.1, 0.15) is 0 Å². The van der Waals surface area contributed by atoms with E-state index in [1.807, 2.05) is 6.92 Å². The molecule has 0 unspecified atom stereocenters. The topological polar surface area (TPSA) is 54.4 Å². The first kappa shape index (κ1) is 12.6. The summed E-state index contributed by atoms with van der Waals surface area (Å²) in [4.78, 5) is 0.00694. The summed E-state index contributed by atoms with van der Waals surface area (Å²) in [5.41, 5.74) is 0.639. The summed E-state index contributed by atoms with van der Waals surface area (Å²) in [6, 6.07) is 6.41. The molecular weight excluding hydrogens is 232 g/mol. The van der Waals surface area contributed by atoms with Crippen LogP contribution in [-0.4, -0.2) is 13.0 Å². The molecule has 0 heterocycles. The van der Waals surface area contributed by atoms with E-state index in [1.165, 1.54) is 6.07 Å². The Morgan fingerprint density at radius 1 is 1.31 bits per heavy atom. The Hall–Kier alpha value is -0.351. The molecule has 0 saturated heterocycles. The zero-order valence-electron chi connectivity index (χ0n) is 7.04. The van der Waals surface area contributed by atoms with Crippen LogP contribution < -0.4 is 0 Å². The Morgan fingerprint density at radius 2 is 1.85 bits per heavy atom. The summed E-state index contributed by atoms with van der Waals surface area (Å²) >= 11 is 0. The Morgan fingerprint density at radius 3 is 2.23 bits per heavy atom. The molecule has 13 heavy (non-hydrogen) atoms. The summed E-state index contributed by atoms with van der Waals surface area (Å²) in [6.45, 7) is 1.84. The fourth-order valence-electron chi connectivity index (χ4n) is 1.05. The Balaban J connectivity index is 0.00000144. The van der Waals surface area contributed by atoms with Crippen molar-refractivity contribution in [2.75, 3.05) is 0 Å². The van der Waals surface area contributed by atoms with Gasteiger partial charge in [0, 0.05) is 17.1 Å². The Kier molecular flexibility index (Phi) is 4.64. The average molecular weight is 242 g/mol. The summed E-state index contributed by atoms with van der Waals surface area (Å²) in [5.74, 6) is 0. The van der Waals surface area contributed by atoms with Crippen molar-refractivity contribution in [3.05, 3.63) is 29.8 Å². The number of hydrogen-bond donors (Lipinski definition) is 1. The maximum Gasteiger partial charge on any atom is 0.294 e. The van der Waals surface area contributed by atoms with E-state index in [0.29, 0.717) is 12.0 Å². The molecule has 0 spiro atoms. The van der Waals surface area contributed by atoms with Gasteiger partial charge in [-0.1, -0.05) is 25.1 Å². The molecule has 0 aliphatic carbocycles. The molecule has 1 rings (SSSR count). The quantitative estimate of drug-likeness (QED) is 0.631. The average Bonchev–Trinajstić information content (AvgIpc) is 2.03. The maximum absolute atomic E-state index is 10.8. The predicted molar refractivity (Wildman–Crippen MR) is 45.6 cm³/mol. The molecule has 0 bridgehead atoms. The Labute approximate surface area is 88.4 Å². The fourth-order valence-corrected chi connectivity index (χ4v) is 1.84.